The maximum absolute atomic E-state index is 13.3. The first-order chi connectivity index (χ1) is 14.8. The van der Waals surface area contributed by atoms with Crippen molar-refractivity contribution in [1.29, 1.82) is 0 Å². The zero-order valence-electron chi connectivity index (χ0n) is 17.8. The molecule has 2 amide bonds. The molecule has 11 heteroatoms. The zero-order valence-corrected chi connectivity index (χ0v) is 17.8. The highest BCUT2D eigenvalue weighted by atomic mass is 19.4. The Hall–Kier alpha value is -3.63. The van der Waals surface area contributed by atoms with Crippen LogP contribution in [0, 0.1) is 0 Å². The molecule has 0 aliphatic heterocycles. The number of aromatic nitrogens is 1. The Bertz CT molecular complexity index is 1020. The molecule has 0 spiro atoms. The van der Waals surface area contributed by atoms with Gasteiger partial charge in [0.05, 0.1) is 12.7 Å². The molecule has 0 bridgehead atoms. The number of benzene rings is 1. The van der Waals surface area contributed by atoms with Crippen molar-refractivity contribution >= 4 is 23.8 Å². The SMILES string of the molecule is COC(=O)c1cccc(C(=O)Nc2cc(CNC(=O)OC(C)(C)C)cc(C(F)(F)F)n2)c1. The molecule has 2 aromatic rings. The predicted octanol–water partition coefficient (Wildman–Crippen LogP) is 4.16. The minimum Gasteiger partial charge on any atom is -0.465 e. The Labute approximate surface area is 182 Å². The monoisotopic (exact) mass is 453 g/mol. The Morgan fingerprint density at radius 3 is 2.28 bits per heavy atom. The molecule has 1 aromatic carbocycles. The lowest BCUT2D eigenvalue weighted by Gasteiger charge is -2.20. The predicted molar refractivity (Wildman–Crippen MR) is 108 cm³/mol. The lowest BCUT2D eigenvalue weighted by molar-refractivity contribution is -0.141. The molecule has 0 unspecified atom stereocenters. The fourth-order valence-electron chi connectivity index (χ4n) is 2.48. The van der Waals surface area contributed by atoms with Crippen molar-refractivity contribution in [2.75, 3.05) is 12.4 Å². The number of rotatable bonds is 5. The second kappa shape index (κ2) is 9.67. The maximum atomic E-state index is 13.3. The van der Waals surface area contributed by atoms with E-state index in [1.54, 1.807) is 20.8 Å². The lowest BCUT2D eigenvalue weighted by Crippen LogP contribution is -2.32. The number of hydrogen-bond donors (Lipinski definition) is 2. The molecule has 2 rings (SSSR count). The van der Waals surface area contributed by atoms with Crippen LogP contribution < -0.4 is 10.6 Å². The molecule has 172 valence electrons. The fraction of sp³-hybridized carbons (Fsp3) is 0.333. The van der Waals surface area contributed by atoms with Gasteiger partial charge in [-0.25, -0.2) is 14.6 Å². The van der Waals surface area contributed by atoms with Crippen LogP contribution in [0.5, 0.6) is 0 Å². The Morgan fingerprint density at radius 1 is 1.03 bits per heavy atom. The molecular weight excluding hydrogens is 431 g/mol. The van der Waals surface area contributed by atoms with Crippen LogP contribution in [0.4, 0.5) is 23.8 Å². The number of esters is 1. The number of methoxy groups -OCH3 is 1. The number of nitrogens with one attached hydrogen (secondary N) is 2. The number of anilines is 1. The van der Waals surface area contributed by atoms with Crippen molar-refractivity contribution in [2.45, 2.75) is 39.1 Å². The summed E-state index contributed by atoms with van der Waals surface area (Å²) in [5, 5.41) is 4.63. The first-order valence-electron chi connectivity index (χ1n) is 9.33. The maximum Gasteiger partial charge on any atom is 0.433 e. The van der Waals surface area contributed by atoms with Gasteiger partial charge in [-0.3, -0.25) is 4.79 Å². The number of alkyl carbamates (subject to hydrolysis) is 1. The minimum absolute atomic E-state index is 0.0144. The standard InChI is InChI=1S/C21H22F3N3O5/c1-20(2,3)32-19(30)25-11-12-8-15(21(22,23)24)26-16(9-12)27-17(28)13-6-5-7-14(10-13)18(29)31-4/h5-10H,11H2,1-4H3,(H,25,30)(H,26,27,28). The van der Waals surface area contributed by atoms with Gasteiger partial charge in [-0.1, -0.05) is 6.07 Å². The molecule has 0 saturated carbocycles. The quantitative estimate of drug-likeness (QED) is 0.659. The van der Waals surface area contributed by atoms with Crippen LogP contribution in [0.15, 0.2) is 36.4 Å². The van der Waals surface area contributed by atoms with Crippen molar-refractivity contribution in [3.05, 3.63) is 58.8 Å². The molecule has 2 N–H and O–H groups in total. The van der Waals surface area contributed by atoms with E-state index in [0.717, 1.165) is 6.07 Å². The fourth-order valence-corrected chi connectivity index (χ4v) is 2.48. The summed E-state index contributed by atoms with van der Waals surface area (Å²) in [6.45, 7) is 4.64. The molecule has 0 atom stereocenters. The second-order valence-electron chi connectivity index (χ2n) is 7.63. The first-order valence-corrected chi connectivity index (χ1v) is 9.33. The Kier molecular flexibility index (Phi) is 7.44. The average molecular weight is 453 g/mol. The highest BCUT2D eigenvalue weighted by molar-refractivity contribution is 6.05. The normalized spacial score (nSPS) is 11.5. The number of hydrogen-bond acceptors (Lipinski definition) is 6. The third kappa shape index (κ3) is 7.25. The highest BCUT2D eigenvalue weighted by Crippen LogP contribution is 2.29. The molecule has 0 fully saturated rings. The van der Waals surface area contributed by atoms with Crippen LogP contribution in [-0.2, 0) is 22.2 Å². The largest absolute Gasteiger partial charge is 0.465 e. The number of ether oxygens (including phenoxy) is 2. The van der Waals surface area contributed by atoms with Crippen LogP contribution in [-0.4, -0.2) is 35.7 Å². The van der Waals surface area contributed by atoms with Gasteiger partial charge in [0, 0.05) is 12.1 Å². The molecule has 8 nitrogen and oxygen atoms in total. The summed E-state index contributed by atoms with van der Waals surface area (Å²) < 4.78 is 49.5. The number of amides is 2. The third-order valence-corrected chi connectivity index (χ3v) is 3.80. The summed E-state index contributed by atoms with van der Waals surface area (Å²) in [5.41, 5.74) is -1.88. The summed E-state index contributed by atoms with van der Waals surface area (Å²) in [5.74, 6) is -1.84. The van der Waals surface area contributed by atoms with Crippen LogP contribution in [0.3, 0.4) is 0 Å². The van der Waals surface area contributed by atoms with Gasteiger partial charge in [0.2, 0.25) is 0 Å². The van der Waals surface area contributed by atoms with Crippen LogP contribution in [0.25, 0.3) is 0 Å². The van der Waals surface area contributed by atoms with Gasteiger partial charge in [0.25, 0.3) is 5.91 Å². The minimum atomic E-state index is -4.79. The van der Waals surface area contributed by atoms with Crippen molar-refractivity contribution < 1.29 is 37.0 Å². The summed E-state index contributed by atoms with van der Waals surface area (Å²) in [6.07, 6.45) is -5.60. The molecular formula is C21H22F3N3O5. The van der Waals surface area contributed by atoms with E-state index >= 15 is 0 Å². The molecule has 32 heavy (non-hydrogen) atoms. The van der Waals surface area contributed by atoms with Gasteiger partial charge < -0.3 is 20.1 Å². The zero-order chi connectivity index (χ0) is 24.1. The second-order valence-corrected chi connectivity index (χ2v) is 7.63. The summed E-state index contributed by atoms with van der Waals surface area (Å²) in [4.78, 5) is 39.4. The third-order valence-electron chi connectivity index (χ3n) is 3.80. The summed E-state index contributed by atoms with van der Waals surface area (Å²) in [6, 6.07) is 7.40. The van der Waals surface area contributed by atoms with Gasteiger partial charge in [-0.05, 0) is 56.7 Å². The van der Waals surface area contributed by atoms with E-state index in [1.165, 1.54) is 37.4 Å². The number of alkyl halides is 3. The van der Waals surface area contributed by atoms with E-state index in [1.807, 2.05) is 0 Å². The van der Waals surface area contributed by atoms with E-state index in [0.29, 0.717) is 0 Å². The van der Waals surface area contributed by atoms with Crippen molar-refractivity contribution in [2.24, 2.45) is 0 Å². The number of carbonyl (C=O) groups excluding carboxylic acids is 3. The van der Waals surface area contributed by atoms with Crippen molar-refractivity contribution in [1.82, 2.24) is 10.3 Å². The first kappa shape index (κ1) is 24.6. The molecule has 0 saturated heterocycles. The molecule has 0 radical (unpaired) electrons. The Morgan fingerprint density at radius 2 is 1.69 bits per heavy atom. The van der Waals surface area contributed by atoms with Gasteiger partial charge in [0.1, 0.15) is 17.1 Å². The smallest absolute Gasteiger partial charge is 0.433 e. The molecule has 1 aromatic heterocycles. The topological polar surface area (TPSA) is 107 Å². The summed E-state index contributed by atoms with van der Waals surface area (Å²) in [7, 11) is 1.18. The number of carbonyl (C=O) groups is 3. The molecule has 0 aliphatic carbocycles. The van der Waals surface area contributed by atoms with Crippen molar-refractivity contribution in [3.63, 3.8) is 0 Å². The highest BCUT2D eigenvalue weighted by Gasteiger charge is 2.33. The lowest BCUT2D eigenvalue weighted by atomic mass is 10.1. The van der Waals surface area contributed by atoms with Gasteiger partial charge in [-0.15, -0.1) is 0 Å². The van der Waals surface area contributed by atoms with E-state index in [4.69, 9.17) is 4.74 Å². The van der Waals surface area contributed by atoms with Crippen LogP contribution >= 0.6 is 0 Å². The van der Waals surface area contributed by atoms with Crippen LogP contribution in [0.2, 0.25) is 0 Å². The molecule has 1 heterocycles. The summed E-state index contributed by atoms with van der Waals surface area (Å²) >= 11 is 0. The average Bonchev–Trinajstić information content (AvgIpc) is 2.69. The van der Waals surface area contributed by atoms with Crippen LogP contribution in [0.1, 0.15) is 52.7 Å². The number of halogens is 3. The molecule has 0 aliphatic rings. The van der Waals surface area contributed by atoms with Gasteiger partial charge in [-0.2, -0.15) is 13.2 Å². The van der Waals surface area contributed by atoms with Gasteiger partial charge in [0.15, 0.2) is 0 Å². The Balaban J connectivity index is 2.25. The van der Waals surface area contributed by atoms with E-state index in [2.05, 4.69) is 20.4 Å². The van der Waals surface area contributed by atoms with E-state index in [-0.39, 0.29) is 29.1 Å². The number of pyridine rings is 1. The van der Waals surface area contributed by atoms with Crippen molar-refractivity contribution in [3.8, 4) is 0 Å². The van der Waals surface area contributed by atoms with E-state index < -0.39 is 35.4 Å². The van der Waals surface area contributed by atoms with Gasteiger partial charge >= 0.3 is 18.2 Å². The number of nitrogens with zero attached hydrogens (tertiary/aromatic N) is 1. The van der Waals surface area contributed by atoms with E-state index in [9.17, 15) is 27.6 Å².